The summed E-state index contributed by atoms with van der Waals surface area (Å²) in [5, 5.41) is 15.9. The van der Waals surface area contributed by atoms with Crippen LogP contribution in [0.25, 0.3) is 16.5 Å². The number of anilines is 2. The third-order valence-electron chi connectivity index (χ3n) is 5.91. The topological polar surface area (TPSA) is 99.6 Å². The third-order valence-corrected chi connectivity index (χ3v) is 5.91. The molecule has 35 heavy (non-hydrogen) atoms. The van der Waals surface area contributed by atoms with Gasteiger partial charge in [-0.3, -0.25) is 24.3 Å². The van der Waals surface area contributed by atoms with Gasteiger partial charge in [-0.05, 0) is 46.7 Å². The molecule has 1 saturated heterocycles. The Labute approximate surface area is 201 Å². The average molecular weight is 463 g/mol. The highest BCUT2D eigenvalue weighted by molar-refractivity contribution is 6.51. The van der Waals surface area contributed by atoms with E-state index in [0.29, 0.717) is 22.5 Å². The van der Waals surface area contributed by atoms with E-state index in [4.69, 9.17) is 0 Å². The fraction of sp³-hybridized carbons (Fsp3) is 0.0714. The summed E-state index contributed by atoms with van der Waals surface area (Å²) in [7, 11) is 0. The van der Waals surface area contributed by atoms with Crippen molar-refractivity contribution < 1.29 is 19.5 Å². The summed E-state index contributed by atoms with van der Waals surface area (Å²) in [6.45, 7) is 1.39. The molecule has 0 spiro atoms. The molecule has 0 aliphatic carbocycles. The first-order valence-electron chi connectivity index (χ1n) is 11.0. The Morgan fingerprint density at radius 3 is 2.49 bits per heavy atom. The predicted molar refractivity (Wildman–Crippen MR) is 134 cm³/mol. The van der Waals surface area contributed by atoms with E-state index in [2.05, 4.69) is 10.3 Å². The monoisotopic (exact) mass is 463 g/mol. The van der Waals surface area contributed by atoms with Crippen LogP contribution >= 0.6 is 0 Å². The quantitative estimate of drug-likeness (QED) is 0.257. The summed E-state index contributed by atoms with van der Waals surface area (Å²) in [6, 6.07) is 22.3. The lowest BCUT2D eigenvalue weighted by molar-refractivity contribution is -0.132. The lowest BCUT2D eigenvalue weighted by atomic mass is 9.95. The van der Waals surface area contributed by atoms with E-state index in [9.17, 15) is 19.5 Å². The molecule has 1 aliphatic rings. The highest BCUT2D eigenvalue weighted by atomic mass is 16.3. The predicted octanol–water partition coefficient (Wildman–Crippen LogP) is 4.82. The van der Waals surface area contributed by atoms with Crippen molar-refractivity contribution in [1.29, 1.82) is 0 Å². The molecule has 0 radical (unpaired) electrons. The molecule has 1 aromatic heterocycles. The first kappa shape index (κ1) is 22.0. The van der Waals surface area contributed by atoms with E-state index in [-0.39, 0.29) is 17.2 Å². The minimum Gasteiger partial charge on any atom is -0.507 e. The first-order valence-corrected chi connectivity index (χ1v) is 11.0. The van der Waals surface area contributed by atoms with Crippen LogP contribution in [0.3, 0.4) is 0 Å². The SMILES string of the molecule is CC(=O)Nc1cccc(N2C(=O)C(=O)/C(=C(\O)c3ccc4ccccc4c3)C2c2cccnc2)c1. The molecule has 1 fully saturated rings. The molecule has 172 valence electrons. The van der Waals surface area contributed by atoms with Gasteiger partial charge in [0.25, 0.3) is 11.7 Å². The van der Waals surface area contributed by atoms with Gasteiger partial charge in [0.15, 0.2) is 0 Å². The smallest absolute Gasteiger partial charge is 0.300 e. The number of pyridine rings is 1. The maximum absolute atomic E-state index is 13.3. The molecule has 5 rings (SSSR count). The van der Waals surface area contributed by atoms with Crippen LogP contribution in [0.5, 0.6) is 0 Å². The largest absolute Gasteiger partial charge is 0.507 e. The Kier molecular flexibility index (Phi) is 5.58. The number of carbonyl (C=O) groups excluding carboxylic acids is 3. The molecule has 4 aromatic rings. The number of aromatic nitrogens is 1. The van der Waals surface area contributed by atoms with Crippen molar-refractivity contribution in [1.82, 2.24) is 4.98 Å². The van der Waals surface area contributed by atoms with Gasteiger partial charge in [0.2, 0.25) is 5.91 Å². The number of hydrogen-bond donors (Lipinski definition) is 2. The fourth-order valence-electron chi connectivity index (χ4n) is 4.38. The number of Topliss-reactive ketones (excluding diaryl/α,β-unsaturated/α-hetero) is 1. The number of aliphatic hydroxyl groups excluding tert-OH is 1. The minimum atomic E-state index is -0.900. The van der Waals surface area contributed by atoms with Crippen molar-refractivity contribution in [3.05, 3.63) is 108 Å². The van der Waals surface area contributed by atoms with Crippen molar-refractivity contribution in [2.45, 2.75) is 13.0 Å². The van der Waals surface area contributed by atoms with Crippen LogP contribution in [-0.2, 0) is 14.4 Å². The van der Waals surface area contributed by atoms with E-state index in [1.54, 1.807) is 60.9 Å². The Bertz CT molecular complexity index is 1510. The second-order valence-electron chi connectivity index (χ2n) is 8.25. The van der Waals surface area contributed by atoms with Gasteiger partial charge in [-0.1, -0.05) is 48.5 Å². The van der Waals surface area contributed by atoms with Crippen molar-refractivity contribution in [3.63, 3.8) is 0 Å². The fourth-order valence-corrected chi connectivity index (χ4v) is 4.38. The maximum atomic E-state index is 13.3. The number of hydrogen-bond acceptors (Lipinski definition) is 5. The summed E-state index contributed by atoms with van der Waals surface area (Å²) < 4.78 is 0. The molecule has 1 aliphatic heterocycles. The number of nitrogens with zero attached hydrogens (tertiary/aromatic N) is 2. The second-order valence-corrected chi connectivity index (χ2v) is 8.25. The number of aliphatic hydroxyl groups is 1. The summed E-state index contributed by atoms with van der Waals surface area (Å²) in [6.07, 6.45) is 3.16. The summed E-state index contributed by atoms with van der Waals surface area (Å²) in [5.41, 5.74) is 1.87. The van der Waals surface area contributed by atoms with Crippen LogP contribution in [0, 0.1) is 0 Å². The Balaban J connectivity index is 1.69. The van der Waals surface area contributed by atoms with E-state index < -0.39 is 17.7 Å². The lowest BCUT2D eigenvalue weighted by Gasteiger charge is -2.25. The average Bonchev–Trinajstić information content (AvgIpc) is 3.14. The summed E-state index contributed by atoms with van der Waals surface area (Å²) in [5.74, 6) is -2.09. The van der Waals surface area contributed by atoms with E-state index in [1.807, 2.05) is 30.3 Å². The number of carbonyl (C=O) groups is 3. The highest BCUT2D eigenvalue weighted by Gasteiger charge is 2.47. The number of ketones is 1. The van der Waals surface area contributed by atoms with Crippen LogP contribution in [0.4, 0.5) is 11.4 Å². The van der Waals surface area contributed by atoms with Gasteiger partial charge in [-0.15, -0.1) is 0 Å². The minimum absolute atomic E-state index is 0.0248. The van der Waals surface area contributed by atoms with Crippen molar-refractivity contribution in [3.8, 4) is 0 Å². The van der Waals surface area contributed by atoms with Gasteiger partial charge >= 0.3 is 0 Å². The standard InChI is InChI=1S/C28H21N3O4/c1-17(32)30-22-9-4-10-23(15-22)31-25(21-8-5-13-29-16-21)24(27(34)28(31)35)26(33)20-12-11-18-6-2-3-7-19(18)14-20/h2-16,25,33H,1H3,(H,30,32)/b26-24-. The van der Waals surface area contributed by atoms with Crippen LogP contribution in [-0.4, -0.2) is 27.7 Å². The molecule has 0 bridgehead atoms. The number of rotatable bonds is 4. The van der Waals surface area contributed by atoms with Crippen LogP contribution in [0.2, 0.25) is 0 Å². The zero-order chi connectivity index (χ0) is 24.5. The van der Waals surface area contributed by atoms with E-state index in [1.165, 1.54) is 11.8 Å². The lowest BCUT2D eigenvalue weighted by Crippen LogP contribution is -2.29. The molecule has 1 unspecified atom stereocenters. The second kappa shape index (κ2) is 8.87. The molecule has 3 aromatic carbocycles. The molecule has 2 amide bonds. The van der Waals surface area contributed by atoms with Gasteiger partial charge in [0.1, 0.15) is 5.76 Å². The Morgan fingerprint density at radius 1 is 0.943 bits per heavy atom. The number of fused-ring (bicyclic) bond motifs is 1. The molecule has 1 atom stereocenters. The van der Waals surface area contributed by atoms with Gasteiger partial charge < -0.3 is 10.4 Å². The third kappa shape index (κ3) is 4.04. The van der Waals surface area contributed by atoms with Gasteiger partial charge in [0.05, 0.1) is 11.6 Å². The Morgan fingerprint density at radius 2 is 1.74 bits per heavy atom. The molecule has 2 N–H and O–H groups in total. The van der Waals surface area contributed by atoms with Crippen LogP contribution in [0.1, 0.15) is 24.1 Å². The van der Waals surface area contributed by atoms with Crippen molar-refractivity contribution in [2.75, 3.05) is 10.2 Å². The summed E-state index contributed by atoms with van der Waals surface area (Å²) >= 11 is 0. The van der Waals surface area contributed by atoms with Crippen LogP contribution < -0.4 is 10.2 Å². The molecule has 2 heterocycles. The number of nitrogens with one attached hydrogen (secondary N) is 1. The highest BCUT2D eigenvalue weighted by Crippen LogP contribution is 2.42. The van der Waals surface area contributed by atoms with Gasteiger partial charge in [-0.25, -0.2) is 0 Å². The molecule has 7 heteroatoms. The number of amides is 2. The van der Waals surface area contributed by atoms with Gasteiger partial charge in [-0.2, -0.15) is 0 Å². The zero-order valence-corrected chi connectivity index (χ0v) is 18.8. The molecule has 7 nitrogen and oxygen atoms in total. The van der Waals surface area contributed by atoms with E-state index >= 15 is 0 Å². The molecule has 0 saturated carbocycles. The number of benzene rings is 3. The molecular weight excluding hydrogens is 442 g/mol. The van der Waals surface area contributed by atoms with Gasteiger partial charge in [0, 0.05) is 36.3 Å². The summed E-state index contributed by atoms with van der Waals surface area (Å²) in [4.78, 5) is 43.7. The molecular formula is C28H21N3O4. The first-order chi connectivity index (χ1) is 16.9. The Hall–Kier alpha value is -4.78. The van der Waals surface area contributed by atoms with E-state index in [0.717, 1.165) is 10.8 Å². The van der Waals surface area contributed by atoms with Crippen molar-refractivity contribution >= 4 is 45.5 Å². The normalized spacial score (nSPS) is 17.1. The zero-order valence-electron chi connectivity index (χ0n) is 18.8. The van der Waals surface area contributed by atoms with Crippen LogP contribution in [0.15, 0.2) is 96.8 Å². The maximum Gasteiger partial charge on any atom is 0.300 e. The van der Waals surface area contributed by atoms with Crippen molar-refractivity contribution in [2.24, 2.45) is 0 Å².